The normalized spacial score (nSPS) is 18.2. The van der Waals surface area contributed by atoms with Gasteiger partial charge >= 0.3 is 25.7 Å². The van der Waals surface area contributed by atoms with E-state index in [9.17, 15) is 34.0 Å². The number of carbonyl (C=O) groups excluding carboxylic acids is 3. The van der Waals surface area contributed by atoms with Gasteiger partial charge in [0.15, 0.2) is 6.10 Å². The van der Waals surface area contributed by atoms with Crippen LogP contribution >= 0.6 is 7.82 Å². The van der Waals surface area contributed by atoms with Crippen LogP contribution in [-0.4, -0.2) is 83.4 Å². The van der Waals surface area contributed by atoms with Crippen LogP contribution < -0.4 is 14.4 Å². The Labute approximate surface area is 468 Å². The molecule has 1 aliphatic heterocycles. The van der Waals surface area contributed by atoms with E-state index in [1.165, 1.54) is 121 Å². The Balaban J connectivity index is 1.90. The molecule has 0 aromatic heterocycles. The molecule has 0 saturated carbocycles. The van der Waals surface area contributed by atoms with Crippen LogP contribution in [0.25, 0.3) is 0 Å². The molecule has 1 heterocycles. The van der Waals surface area contributed by atoms with Crippen LogP contribution in [0.2, 0.25) is 0 Å². The van der Waals surface area contributed by atoms with Crippen LogP contribution in [0.5, 0.6) is 11.5 Å². The summed E-state index contributed by atoms with van der Waals surface area (Å²) in [5.74, 6) is -3.31. The van der Waals surface area contributed by atoms with Crippen molar-refractivity contribution in [2.24, 2.45) is 0 Å². The van der Waals surface area contributed by atoms with Crippen molar-refractivity contribution in [1.29, 1.82) is 0 Å². The molecule has 78 heavy (non-hydrogen) atoms. The molecule has 0 spiro atoms. The number of carbonyl (C=O) groups is 4. The van der Waals surface area contributed by atoms with Gasteiger partial charge in [0, 0.05) is 6.42 Å². The van der Waals surface area contributed by atoms with Gasteiger partial charge in [-0.3, -0.25) is 23.7 Å². The summed E-state index contributed by atoms with van der Waals surface area (Å²) in [5.41, 5.74) is 0. The van der Waals surface area contributed by atoms with Crippen LogP contribution in [-0.2, 0) is 42.5 Å². The van der Waals surface area contributed by atoms with Gasteiger partial charge in [0.2, 0.25) is 5.91 Å². The second-order valence-corrected chi connectivity index (χ2v) is 23.0. The zero-order chi connectivity index (χ0) is 56.5. The zero-order valence-electron chi connectivity index (χ0n) is 48.0. The van der Waals surface area contributed by atoms with Gasteiger partial charge in [-0.25, -0.2) is 8.96 Å². The molecule has 0 bridgehead atoms. The number of para-hydroxylation sites is 2. The maximum atomic E-state index is 15.5. The molecular weight excluding hydrogens is 1020 g/mol. The maximum absolute atomic E-state index is 15.5. The largest absolute Gasteiger partial charge is 0.588 e. The molecule has 2 aromatic carbocycles. The molecule has 444 valence electrons. The highest BCUT2D eigenvalue weighted by atomic mass is 31.2. The van der Waals surface area contributed by atoms with E-state index in [4.69, 9.17) is 27.8 Å². The minimum Gasteiger partial charge on any atom is -0.481 e. The number of nitrogens with one attached hydrogen (secondary N) is 1. The lowest BCUT2D eigenvalue weighted by molar-refractivity contribution is -0.207. The smallest absolute Gasteiger partial charge is 0.481 e. The standard InChI is InChI=1S/C62H101FNO13P/c1-4-7-10-13-16-19-20-23-26-29-38-45-58(69)72-53(44-33-28-25-22-18-15-12-9-6-3)47-59(70)74-62-60(64-56(66)46-50(65)39-32-27-24-21-17-14-11-8-5-2)54(48-57(67)68)73-55(49-63)61(62)77-78(71,75-51-40-34-30-35-41-51)76-52-42-36-31-37-43-52/h30-31,34-37,40-43,50,53-55,60-62,65H,4-29,32-33,38-39,44-49H2,1-3H3,(H,64,66)(H,67,68)/t50-,53-,54-,55-,60+,61-,62-/m1/s1. The molecule has 3 rings (SSSR count). The predicted octanol–water partition coefficient (Wildman–Crippen LogP) is 15.8. The molecule has 2 aromatic rings. The molecule has 7 atom stereocenters. The van der Waals surface area contributed by atoms with Gasteiger partial charge in [0.05, 0.1) is 37.5 Å². The van der Waals surface area contributed by atoms with Crippen molar-refractivity contribution in [3.63, 3.8) is 0 Å². The van der Waals surface area contributed by atoms with Gasteiger partial charge in [0.1, 0.15) is 36.5 Å². The first-order valence-electron chi connectivity index (χ1n) is 30.5. The molecule has 3 N–H and O–H groups in total. The fourth-order valence-corrected chi connectivity index (χ4v) is 11.5. The lowest BCUT2D eigenvalue weighted by atomic mass is 9.90. The molecule has 16 heteroatoms. The Bertz CT molecular complexity index is 1870. The minimum absolute atomic E-state index is 0.0581. The summed E-state index contributed by atoms with van der Waals surface area (Å²) in [4.78, 5) is 54.4. The number of carboxylic acids is 1. The SMILES string of the molecule is CCCCCCCCCCCCCC(=O)O[C@H](CCCCCCCCCCC)CC(=O)O[C@@H]1[C@@H](NC(=O)C[C@H](O)CCCCCCCCCCC)[C@@H](CC(=O)O)O[C@H](CF)[C@H]1OP(=O)(Oc1ccccc1)Oc1ccccc1. The number of carboxylic acid groups (broad SMARTS) is 1. The number of esters is 2. The summed E-state index contributed by atoms with van der Waals surface area (Å²) in [6, 6.07) is 14.4. The monoisotopic (exact) mass is 1120 g/mol. The number of halogens is 1. The van der Waals surface area contributed by atoms with Gasteiger partial charge < -0.3 is 38.8 Å². The van der Waals surface area contributed by atoms with Gasteiger partial charge in [-0.05, 0) is 49.9 Å². The van der Waals surface area contributed by atoms with Crippen molar-refractivity contribution in [2.75, 3.05) is 6.67 Å². The highest BCUT2D eigenvalue weighted by Gasteiger charge is 2.54. The molecular formula is C62H101FNO13P. The Morgan fingerprint density at radius 3 is 1.46 bits per heavy atom. The average molecular weight is 1120 g/mol. The third kappa shape index (κ3) is 31.1. The van der Waals surface area contributed by atoms with E-state index in [2.05, 4.69) is 26.1 Å². The number of aliphatic hydroxyl groups excluding tert-OH is 1. The number of hydrogen-bond acceptors (Lipinski definition) is 12. The van der Waals surface area contributed by atoms with E-state index in [1.54, 1.807) is 36.4 Å². The number of aliphatic carboxylic acids is 1. The molecule has 1 aliphatic rings. The highest BCUT2D eigenvalue weighted by molar-refractivity contribution is 7.49. The number of phosphoric ester groups is 1. The molecule has 1 amide bonds. The summed E-state index contributed by atoms with van der Waals surface area (Å²) < 4.78 is 66.8. The summed E-state index contributed by atoms with van der Waals surface area (Å²) >= 11 is 0. The third-order valence-corrected chi connectivity index (χ3v) is 15.8. The van der Waals surface area contributed by atoms with E-state index in [1.807, 2.05) is 0 Å². The van der Waals surface area contributed by atoms with Crippen LogP contribution in [0.3, 0.4) is 0 Å². The number of benzene rings is 2. The summed E-state index contributed by atoms with van der Waals surface area (Å²) in [5, 5.41) is 23.9. The zero-order valence-corrected chi connectivity index (χ0v) is 48.9. The molecule has 1 saturated heterocycles. The molecule has 14 nitrogen and oxygen atoms in total. The van der Waals surface area contributed by atoms with Crippen molar-refractivity contribution in [1.82, 2.24) is 5.32 Å². The summed E-state index contributed by atoms with van der Waals surface area (Å²) in [6.07, 6.45) is 22.1. The highest BCUT2D eigenvalue weighted by Crippen LogP contribution is 2.52. The first kappa shape index (κ1) is 68.2. The average Bonchev–Trinajstić information content (AvgIpc) is 3.43. The van der Waals surface area contributed by atoms with Crippen molar-refractivity contribution >= 4 is 31.6 Å². The van der Waals surface area contributed by atoms with Crippen molar-refractivity contribution in [3.8, 4) is 11.5 Å². The van der Waals surface area contributed by atoms with E-state index >= 15 is 4.39 Å². The minimum atomic E-state index is -4.90. The van der Waals surface area contributed by atoms with Crippen molar-refractivity contribution in [2.45, 2.75) is 288 Å². The fourth-order valence-electron chi connectivity index (χ4n) is 10.1. The molecule has 0 unspecified atom stereocenters. The third-order valence-electron chi connectivity index (χ3n) is 14.5. The predicted molar refractivity (Wildman–Crippen MR) is 305 cm³/mol. The summed E-state index contributed by atoms with van der Waals surface area (Å²) in [7, 11) is -4.90. The molecule has 1 fully saturated rings. The van der Waals surface area contributed by atoms with Gasteiger partial charge in [-0.2, -0.15) is 0 Å². The van der Waals surface area contributed by atoms with Crippen LogP contribution in [0.15, 0.2) is 60.7 Å². The second kappa shape index (κ2) is 42.8. The van der Waals surface area contributed by atoms with E-state index in [0.29, 0.717) is 32.1 Å². The number of unbranched alkanes of at least 4 members (excludes halogenated alkanes) is 26. The van der Waals surface area contributed by atoms with E-state index in [0.717, 1.165) is 70.6 Å². The maximum Gasteiger partial charge on any atom is 0.588 e. The molecule has 0 radical (unpaired) electrons. The van der Waals surface area contributed by atoms with Crippen molar-refractivity contribution < 1.29 is 66.1 Å². The summed E-state index contributed by atoms with van der Waals surface area (Å²) in [6.45, 7) is 5.26. The number of ether oxygens (including phenoxy) is 3. The first-order chi connectivity index (χ1) is 37.9. The number of amides is 1. The Morgan fingerprint density at radius 2 is 1.01 bits per heavy atom. The van der Waals surface area contributed by atoms with E-state index < -0.39 is 93.8 Å². The number of aliphatic hydroxyl groups is 1. The quantitative estimate of drug-likeness (QED) is 0.0322. The first-order valence-corrected chi connectivity index (χ1v) is 31.9. The fraction of sp³-hybridized carbons (Fsp3) is 0.742. The van der Waals surface area contributed by atoms with Crippen molar-refractivity contribution in [3.05, 3.63) is 60.7 Å². The Kier molecular flexibility index (Phi) is 37.4. The number of rotatable bonds is 48. The number of alkyl halides is 1. The van der Waals surface area contributed by atoms with Crippen LogP contribution in [0, 0.1) is 0 Å². The van der Waals surface area contributed by atoms with Gasteiger partial charge in [0.25, 0.3) is 0 Å². The van der Waals surface area contributed by atoms with E-state index in [-0.39, 0.29) is 24.3 Å². The second-order valence-electron chi connectivity index (χ2n) is 21.5. The lowest BCUT2D eigenvalue weighted by Crippen LogP contribution is -2.66. The number of hydrogen-bond donors (Lipinski definition) is 3. The lowest BCUT2D eigenvalue weighted by Gasteiger charge is -2.45. The van der Waals surface area contributed by atoms with Gasteiger partial charge in [-0.1, -0.05) is 231 Å². The number of phosphoric acid groups is 1. The molecule has 0 aliphatic carbocycles. The Hall–Kier alpha value is -4.04. The topological polar surface area (TPSA) is 193 Å². The van der Waals surface area contributed by atoms with Gasteiger partial charge in [-0.15, -0.1) is 0 Å². The van der Waals surface area contributed by atoms with Crippen LogP contribution in [0.1, 0.15) is 245 Å². The van der Waals surface area contributed by atoms with Crippen LogP contribution in [0.4, 0.5) is 4.39 Å². The Morgan fingerprint density at radius 1 is 0.577 bits per heavy atom.